The Bertz CT molecular complexity index is 1150. The Morgan fingerprint density at radius 2 is 1.89 bits per heavy atom. The van der Waals surface area contributed by atoms with Crippen LogP contribution < -0.4 is 10.6 Å². The molecule has 0 saturated heterocycles. The topological polar surface area (TPSA) is 67.7 Å². The van der Waals surface area contributed by atoms with Gasteiger partial charge in [-0.3, -0.25) is 4.68 Å². The lowest BCUT2D eigenvalue weighted by Gasteiger charge is -2.13. The maximum Gasteiger partial charge on any atom is 0.227 e. The maximum absolute atomic E-state index is 6.26. The summed E-state index contributed by atoms with van der Waals surface area (Å²) >= 11 is 6.26. The van der Waals surface area contributed by atoms with Crippen LogP contribution in [0.3, 0.4) is 0 Å². The second-order valence-corrected chi connectivity index (χ2v) is 7.20. The SMILES string of the molecule is Cc1ccc(C)c(Nc2nc(NCc3ccccc3Cl)nc3c2cnn3C)c1. The van der Waals surface area contributed by atoms with Crippen LogP contribution in [0.5, 0.6) is 0 Å². The summed E-state index contributed by atoms with van der Waals surface area (Å²) in [5, 5.41) is 12.6. The van der Waals surface area contributed by atoms with Gasteiger partial charge in [0.25, 0.3) is 0 Å². The first kappa shape index (κ1) is 18.3. The molecule has 2 aromatic carbocycles. The monoisotopic (exact) mass is 392 g/mol. The number of aromatic nitrogens is 4. The smallest absolute Gasteiger partial charge is 0.227 e. The van der Waals surface area contributed by atoms with Gasteiger partial charge in [0.1, 0.15) is 5.82 Å². The average molecular weight is 393 g/mol. The third-order valence-electron chi connectivity index (χ3n) is 4.63. The first-order valence-electron chi connectivity index (χ1n) is 9.02. The molecule has 4 rings (SSSR count). The van der Waals surface area contributed by atoms with E-state index in [-0.39, 0.29) is 0 Å². The fourth-order valence-corrected chi connectivity index (χ4v) is 3.21. The van der Waals surface area contributed by atoms with Gasteiger partial charge in [0, 0.05) is 24.3 Å². The number of nitrogens with one attached hydrogen (secondary N) is 2. The van der Waals surface area contributed by atoms with Crippen LogP contribution in [-0.4, -0.2) is 19.7 Å². The highest BCUT2D eigenvalue weighted by Crippen LogP contribution is 2.27. The van der Waals surface area contributed by atoms with Crippen LogP contribution in [0.1, 0.15) is 16.7 Å². The van der Waals surface area contributed by atoms with Gasteiger partial charge >= 0.3 is 0 Å². The number of hydrogen-bond donors (Lipinski definition) is 2. The molecule has 0 aliphatic heterocycles. The summed E-state index contributed by atoms with van der Waals surface area (Å²) in [6.07, 6.45) is 1.78. The molecular weight excluding hydrogens is 372 g/mol. The van der Waals surface area contributed by atoms with E-state index in [0.29, 0.717) is 23.3 Å². The molecule has 0 atom stereocenters. The van der Waals surface area contributed by atoms with E-state index in [0.717, 1.165) is 27.8 Å². The standard InChI is InChI=1S/C21H21ClN6/c1-13-8-9-14(2)18(10-13)25-19-16-12-24-28(3)20(16)27-21(26-19)23-11-15-6-4-5-7-17(15)22/h4-10,12H,11H2,1-3H3,(H2,23,25,26,27). The molecule has 4 aromatic rings. The minimum atomic E-state index is 0.517. The van der Waals surface area contributed by atoms with E-state index in [2.05, 4.69) is 52.8 Å². The minimum absolute atomic E-state index is 0.517. The van der Waals surface area contributed by atoms with Gasteiger partial charge < -0.3 is 10.6 Å². The Kier molecular flexibility index (Phi) is 4.88. The third-order valence-corrected chi connectivity index (χ3v) is 5.00. The summed E-state index contributed by atoms with van der Waals surface area (Å²) in [6, 6.07) is 14.0. The Morgan fingerprint density at radius 1 is 1.07 bits per heavy atom. The number of fused-ring (bicyclic) bond motifs is 1. The van der Waals surface area contributed by atoms with Crippen LogP contribution in [0.15, 0.2) is 48.7 Å². The molecule has 28 heavy (non-hydrogen) atoms. The molecule has 0 saturated carbocycles. The molecule has 2 N–H and O–H groups in total. The van der Waals surface area contributed by atoms with Crippen molar-refractivity contribution in [2.45, 2.75) is 20.4 Å². The van der Waals surface area contributed by atoms with Crippen LogP contribution in [0.25, 0.3) is 11.0 Å². The average Bonchev–Trinajstić information content (AvgIpc) is 3.05. The highest BCUT2D eigenvalue weighted by atomic mass is 35.5. The summed E-state index contributed by atoms with van der Waals surface area (Å²) in [5.74, 6) is 1.23. The molecular formula is C21H21ClN6. The number of rotatable bonds is 5. The van der Waals surface area contributed by atoms with E-state index >= 15 is 0 Å². The van der Waals surface area contributed by atoms with Crippen molar-refractivity contribution in [1.82, 2.24) is 19.7 Å². The van der Waals surface area contributed by atoms with Crippen molar-refractivity contribution in [3.63, 3.8) is 0 Å². The summed E-state index contributed by atoms with van der Waals surface area (Å²) in [7, 11) is 1.87. The van der Waals surface area contributed by atoms with E-state index in [1.165, 1.54) is 5.56 Å². The van der Waals surface area contributed by atoms with Gasteiger partial charge in [-0.05, 0) is 42.7 Å². The van der Waals surface area contributed by atoms with Crippen molar-refractivity contribution in [2.24, 2.45) is 7.05 Å². The van der Waals surface area contributed by atoms with Gasteiger partial charge in [0.15, 0.2) is 5.65 Å². The zero-order chi connectivity index (χ0) is 19.7. The van der Waals surface area contributed by atoms with Crippen molar-refractivity contribution in [3.8, 4) is 0 Å². The first-order chi connectivity index (χ1) is 13.5. The molecule has 0 fully saturated rings. The quantitative estimate of drug-likeness (QED) is 0.500. The predicted molar refractivity (Wildman–Crippen MR) is 114 cm³/mol. The Balaban J connectivity index is 1.69. The van der Waals surface area contributed by atoms with Gasteiger partial charge in [-0.2, -0.15) is 15.1 Å². The maximum atomic E-state index is 6.26. The Morgan fingerprint density at radius 3 is 2.71 bits per heavy atom. The van der Waals surface area contributed by atoms with E-state index in [1.54, 1.807) is 10.9 Å². The van der Waals surface area contributed by atoms with E-state index < -0.39 is 0 Å². The second-order valence-electron chi connectivity index (χ2n) is 6.79. The van der Waals surface area contributed by atoms with Crippen molar-refractivity contribution in [1.29, 1.82) is 0 Å². The van der Waals surface area contributed by atoms with E-state index in [9.17, 15) is 0 Å². The summed E-state index contributed by atoms with van der Waals surface area (Å²) < 4.78 is 1.74. The molecule has 0 aliphatic rings. The normalized spacial score (nSPS) is 11.0. The lowest BCUT2D eigenvalue weighted by molar-refractivity contribution is 0.785. The minimum Gasteiger partial charge on any atom is -0.350 e. The first-order valence-corrected chi connectivity index (χ1v) is 9.40. The lowest BCUT2D eigenvalue weighted by Crippen LogP contribution is -2.07. The highest BCUT2D eigenvalue weighted by molar-refractivity contribution is 6.31. The van der Waals surface area contributed by atoms with Crippen LogP contribution in [0.2, 0.25) is 5.02 Å². The predicted octanol–water partition coefficient (Wildman–Crippen LogP) is 4.99. The van der Waals surface area contributed by atoms with Crippen LogP contribution in [0, 0.1) is 13.8 Å². The van der Waals surface area contributed by atoms with Gasteiger partial charge in [-0.15, -0.1) is 0 Å². The molecule has 0 radical (unpaired) electrons. The molecule has 2 heterocycles. The van der Waals surface area contributed by atoms with Crippen LogP contribution in [0.4, 0.5) is 17.5 Å². The van der Waals surface area contributed by atoms with E-state index in [1.807, 2.05) is 31.3 Å². The molecule has 2 aromatic heterocycles. The molecule has 6 nitrogen and oxygen atoms in total. The van der Waals surface area contributed by atoms with Crippen molar-refractivity contribution in [3.05, 3.63) is 70.4 Å². The number of aryl methyl sites for hydroxylation is 3. The van der Waals surface area contributed by atoms with Crippen LogP contribution >= 0.6 is 11.6 Å². The fraction of sp³-hybridized carbons (Fsp3) is 0.190. The summed E-state index contributed by atoms with van der Waals surface area (Å²) in [4.78, 5) is 9.31. The zero-order valence-corrected chi connectivity index (χ0v) is 16.7. The Labute approximate surface area is 168 Å². The molecule has 0 aliphatic carbocycles. The van der Waals surface area contributed by atoms with Gasteiger partial charge in [-0.1, -0.05) is 41.9 Å². The summed E-state index contributed by atoms with van der Waals surface area (Å²) in [5.41, 5.74) is 5.08. The molecule has 0 amide bonds. The van der Waals surface area contributed by atoms with Gasteiger partial charge in [0.05, 0.1) is 11.6 Å². The molecule has 0 spiro atoms. The highest BCUT2D eigenvalue weighted by Gasteiger charge is 2.13. The summed E-state index contributed by atoms with van der Waals surface area (Å²) in [6.45, 7) is 4.67. The lowest BCUT2D eigenvalue weighted by atomic mass is 10.1. The van der Waals surface area contributed by atoms with Gasteiger partial charge in [-0.25, -0.2) is 0 Å². The number of hydrogen-bond acceptors (Lipinski definition) is 5. The van der Waals surface area contributed by atoms with Crippen LogP contribution in [-0.2, 0) is 13.6 Å². The number of halogens is 1. The Hall–Kier alpha value is -3.12. The van der Waals surface area contributed by atoms with Gasteiger partial charge in [0.2, 0.25) is 5.95 Å². The zero-order valence-electron chi connectivity index (χ0n) is 16.0. The largest absolute Gasteiger partial charge is 0.350 e. The number of benzene rings is 2. The molecule has 0 bridgehead atoms. The third kappa shape index (κ3) is 3.64. The van der Waals surface area contributed by atoms with Crippen molar-refractivity contribution in [2.75, 3.05) is 10.6 Å². The van der Waals surface area contributed by atoms with E-state index in [4.69, 9.17) is 16.6 Å². The molecule has 0 unspecified atom stereocenters. The second kappa shape index (κ2) is 7.48. The number of nitrogens with zero attached hydrogens (tertiary/aromatic N) is 4. The molecule has 7 heteroatoms. The van der Waals surface area contributed by atoms with Crippen molar-refractivity contribution >= 4 is 40.1 Å². The number of anilines is 3. The fourth-order valence-electron chi connectivity index (χ4n) is 3.01. The molecule has 142 valence electrons. The van der Waals surface area contributed by atoms with Crippen molar-refractivity contribution < 1.29 is 0 Å².